The van der Waals surface area contributed by atoms with Crippen molar-refractivity contribution in [2.24, 2.45) is 5.14 Å². The summed E-state index contributed by atoms with van der Waals surface area (Å²) in [6, 6.07) is 3.59. The molecule has 0 aliphatic heterocycles. The number of hydrogen-bond acceptors (Lipinski definition) is 2. The van der Waals surface area contributed by atoms with Gasteiger partial charge in [0.25, 0.3) is 0 Å². The molecule has 0 unspecified atom stereocenters. The van der Waals surface area contributed by atoms with E-state index in [1.807, 2.05) is 0 Å². The maximum absolute atomic E-state index is 13.4. The van der Waals surface area contributed by atoms with Crippen molar-refractivity contribution < 1.29 is 12.8 Å². The zero-order valence-corrected chi connectivity index (χ0v) is 10.8. The number of allylic oxidation sites excluding steroid dienone is 1. The Morgan fingerprint density at radius 3 is 2.62 bits per heavy atom. The molecular formula is C10H11BrFNO2S. The second-order valence-electron chi connectivity index (χ2n) is 3.11. The molecule has 88 valence electrons. The van der Waals surface area contributed by atoms with E-state index in [2.05, 4.69) is 15.9 Å². The molecular weight excluding hydrogens is 297 g/mol. The number of sulfonamides is 1. The van der Waals surface area contributed by atoms with Gasteiger partial charge in [0, 0.05) is 10.9 Å². The number of primary sulfonamides is 1. The molecule has 6 heteroatoms. The van der Waals surface area contributed by atoms with Gasteiger partial charge in [0.15, 0.2) is 0 Å². The van der Waals surface area contributed by atoms with Crippen molar-refractivity contribution in [3.05, 3.63) is 35.7 Å². The summed E-state index contributed by atoms with van der Waals surface area (Å²) in [5.74, 6) is -0.600. The van der Waals surface area contributed by atoms with E-state index in [9.17, 15) is 12.8 Å². The topological polar surface area (TPSA) is 60.2 Å². The zero-order valence-electron chi connectivity index (χ0n) is 8.36. The van der Waals surface area contributed by atoms with Gasteiger partial charge in [0.2, 0.25) is 10.0 Å². The number of hydrogen-bond donors (Lipinski definition) is 1. The van der Waals surface area contributed by atoms with Crippen LogP contribution in [-0.2, 0) is 10.0 Å². The van der Waals surface area contributed by atoms with E-state index >= 15 is 0 Å². The van der Waals surface area contributed by atoms with Crippen LogP contribution < -0.4 is 5.14 Å². The van der Waals surface area contributed by atoms with Crippen molar-refractivity contribution in [2.45, 2.75) is 11.3 Å². The van der Waals surface area contributed by atoms with Gasteiger partial charge in [-0.05, 0) is 18.6 Å². The normalized spacial score (nSPS) is 12.2. The van der Waals surface area contributed by atoms with Gasteiger partial charge < -0.3 is 0 Å². The molecule has 0 aliphatic rings. The molecule has 0 saturated heterocycles. The lowest BCUT2D eigenvalue weighted by Crippen LogP contribution is -2.12. The van der Waals surface area contributed by atoms with Gasteiger partial charge in [0.1, 0.15) is 5.82 Å². The Hall–Kier alpha value is -0.720. The lowest BCUT2D eigenvalue weighted by atomic mass is 10.2. The molecule has 16 heavy (non-hydrogen) atoms. The molecule has 1 rings (SSSR count). The van der Waals surface area contributed by atoms with Crippen molar-refractivity contribution in [2.75, 3.05) is 5.33 Å². The number of nitrogens with two attached hydrogens (primary N) is 1. The molecule has 1 aromatic carbocycles. The Balaban J connectivity index is 3.01. The SMILES string of the molecule is NS(=O)(=O)c1ccc(C=CCCBr)c(F)c1. The molecule has 0 bridgehead atoms. The van der Waals surface area contributed by atoms with Crippen LogP contribution in [0.4, 0.5) is 4.39 Å². The summed E-state index contributed by atoms with van der Waals surface area (Å²) in [4.78, 5) is -0.220. The Labute approximate surface area is 102 Å². The first-order valence-electron chi connectivity index (χ1n) is 4.50. The number of halogens is 2. The van der Waals surface area contributed by atoms with Gasteiger partial charge >= 0.3 is 0 Å². The highest BCUT2D eigenvalue weighted by atomic mass is 79.9. The van der Waals surface area contributed by atoms with Crippen LogP contribution in [0.2, 0.25) is 0 Å². The average molecular weight is 308 g/mol. The number of benzene rings is 1. The molecule has 0 atom stereocenters. The average Bonchev–Trinajstić information content (AvgIpc) is 2.19. The minimum absolute atomic E-state index is 0.220. The van der Waals surface area contributed by atoms with Crippen molar-refractivity contribution in [3.63, 3.8) is 0 Å². The molecule has 3 nitrogen and oxygen atoms in total. The summed E-state index contributed by atoms with van der Waals surface area (Å²) in [7, 11) is -3.84. The first kappa shape index (κ1) is 13.3. The Morgan fingerprint density at radius 2 is 2.12 bits per heavy atom. The summed E-state index contributed by atoms with van der Waals surface area (Å²) in [5, 5.41) is 5.67. The fraction of sp³-hybridized carbons (Fsp3) is 0.200. The van der Waals surface area contributed by atoms with Gasteiger partial charge in [-0.1, -0.05) is 34.1 Å². The molecule has 1 aromatic rings. The van der Waals surface area contributed by atoms with E-state index in [0.717, 1.165) is 17.8 Å². The molecule has 0 aliphatic carbocycles. The highest BCUT2D eigenvalue weighted by Crippen LogP contribution is 2.15. The van der Waals surface area contributed by atoms with E-state index in [-0.39, 0.29) is 4.90 Å². The van der Waals surface area contributed by atoms with Crippen LogP contribution in [0.1, 0.15) is 12.0 Å². The maximum Gasteiger partial charge on any atom is 0.238 e. The summed E-state index contributed by atoms with van der Waals surface area (Å²) in [6.45, 7) is 0. The van der Waals surface area contributed by atoms with Crippen LogP contribution in [0.15, 0.2) is 29.2 Å². The summed E-state index contributed by atoms with van der Waals surface area (Å²) >= 11 is 3.24. The van der Waals surface area contributed by atoms with Gasteiger partial charge in [0.05, 0.1) is 4.90 Å². The third-order valence-electron chi connectivity index (χ3n) is 1.87. The van der Waals surface area contributed by atoms with E-state index in [0.29, 0.717) is 5.56 Å². The fourth-order valence-electron chi connectivity index (χ4n) is 1.09. The van der Waals surface area contributed by atoms with E-state index in [1.165, 1.54) is 12.1 Å². The molecule has 0 aromatic heterocycles. The standard InChI is InChI=1S/C10H11BrFNO2S/c11-6-2-1-3-8-4-5-9(7-10(8)12)16(13,14)15/h1,3-5,7H,2,6H2,(H2,13,14,15). The lowest BCUT2D eigenvalue weighted by Gasteiger charge is -2.00. The predicted octanol–water partition coefficient (Wildman–Crippen LogP) is 2.27. The summed E-state index contributed by atoms with van der Waals surface area (Å²) in [5.41, 5.74) is 0.341. The third kappa shape index (κ3) is 3.70. The van der Waals surface area contributed by atoms with E-state index in [1.54, 1.807) is 12.2 Å². The van der Waals surface area contributed by atoms with E-state index in [4.69, 9.17) is 5.14 Å². The highest BCUT2D eigenvalue weighted by Gasteiger charge is 2.09. The van der Waals surface area contributed by atoms with Gasteiger partial charge in [-0.25, -0.2) is 17.9 Å². The third-order valence-corrected chi connectivity index (χ3v) is 3.24. The van der Waals surface area contributed by atoms with Crippen molar-refractivity contribution in [1.29, 1.82) is 0 Å². The van der Waals surface area contributed by atoms with Crippen molar-refractivity contribution in [3.8, 4) is 0 Å². The second kappa shape index (κ2) is 5.56. The summed E-state index contributed by atoms with van der Waals surface area (Å²) in [6.07, 6.45) is 4.17. The smallest absolute Gasteiger partial charge is 0.225 e. The molecule has 0 spiro atoms. The predicted molar refractivity (Wildman–Crippen MR) is 65.2 cm³/mol. The largest absolute Gasteiger partial charge is 0.238 e. The number of rotatable bonds is 4. The van der Waals surface area contributed by atoms with Crippen molar-refractivity contribution >= 4 is 32.0 Å². The van der Waals surface area contributed by atoms with Crippen LogP contribution in [0.5, 0.6) is 0 Å². The van der Waals surface area contributed by atoms with Gasteiger partial charge in [-0.3, -0.25) is 0 Å². The Morgan fingerprint density at radius 1 is 1.44 bits per heavy atom. The first-order chi connectivity index (χ1) is 7.45. The quantitative estimate of drug-likeness (QED) is 0.867. The maximum atomic E-state index is 13.4. The fourth-order valence-corrected chi connectivity index (χ4v) is 1.88. The highest BCUT2D eigenvalue weighted by molar-refractivity contribution is 9.09. The van der Waals surface area contributed by atoms with Crippen LogP contribution in [-0.4, -0.2) is 13.7 Å². The van der Waals surface area contributed by atoms with Gasteiger partial charge in [-0.2, -0.15) is 0 Å². The monoisotopic (exact) mass is 307 g/mol. The minimum atomic E-state index is -3.84. The minimum Gasteiger partial charge on any atom is -0.225 e. The number of alkyl halides is 1. The Kier molecular flexibility index (Phi) is 4.64. The molecule has 2 N–H and O–H groups in total. The van der Waals surface area contributed by atoms with Crippen molar-refractivity contribution in [1.82, 2.24) is 0 Å². The second-order valence-corrected chi connectivity index (χ2v) is 5.46. The molecule has 0 saturated carbocycles. The molecule has 0 fully saturated rings. The Bertz CT molecular complexity index is 500. The van der Waals surface area contributed by atoms with E-state index < -0.39 is 15.8 Å². The molecule has 0 heterocycles. The molecule has 0 radical (unpaired) electrons. The summed E-state index contributed by atoms with van der Waals surface area (Å²) < 4.78 is 35.3. The zero-order chi connectivity index (χ0) is 12.2. The molecule has 0 amide bonds. The van der Waals surface area contributed by atoms with Crippen LogP contribution in [0.3, 0.4) is 0 Å². The lowest BCUT2D eigenvalue weighted by molar-refractivity contribution is 0.592. The van der Waals surface area contributed by atoms with Crippen LogP contribution in [0, 0.1) is 5.82 Å². The van der Waals surface area contributed by atoms with Gasteiger partial charge in [-0.15, -0.1) is 0 Å². The van der Waals surface area contributed by atoms with Crippen LogP contribution in [0.25, 0.3) is 6.08 Å². The first-order valence-corrected chi connectivity index (χ1v) is 7.17. The van der Waals surface area contributed by atoms with Crippen LogP contribution >= 0.6 is 15.9 Å².